The molecule has 0 heterocycles. The third-order valence-electron chi connectivity index (χ3n) is 2.72. The van der Waals surface area contributed by atoms with E-state index in [0.717, 1.165) is 38.3 Å². The van der Waals surface area contributed by atoms with Crippen molar-refractivity contribution < 1.29 is 9.47 Å². The van der Waals surface area contributed by atoms with E-state index in [1.165, 1.54) is 5.56 Å². The number of allylic oxidation sites excluding steroid dienone is 1. The van der Waals surface area contributed by atoms with Crippen molar-refractivity contribution >= 4 is 0 Å². The van der Waals surface area contributed by atoms with Crippen LogP contribution in [-0.4, -0.2) is 26.4 Å². The first-order chi connectivity index (χ1) is 9.38. The lowest BCUT2D eigenvalue weighted by Crippen LogP contribution is -2.14. The van der Waals surface area contributed by atoms with Crippen molar-refractivity contribution in [2.45, 2.75) is 26.3 Å². The summed E-state index contributed by atoms with van der Waals surface area (Å²) < 4.78 is 11.2. The van der Waals surface area contributed by atoms with E-state index in [0.29, 0.717) is 13.2 Å². The number of hydrogen-bond acceptors (Lipinski definition) is 3. The summed E-state index contributed by atoms with van der Waals surface area (Å²) >= 11 is 0. The molecule has 0 saturated heterocycles. The first-order valence-electron chi connectivity index (χ1n) is 6.98. The standard InChI is InChI=1S/C16H25NO2/c1-3-5-8-11-18-12-13-19-16-10-7-6-9-15(16)14-17-4-2/h3,6-7,9-10,17H,1,4-5,8,11-14H2,2H3. The highest BCUT2D eigenvalue weighted by Gasteiger charge is 2.01. The van der Waals surface area contributed by atoms with E-state index in [4.69, 9.17) is 9.47 Å². The topological polar surface area (TPSA) is 30.5 Å². The van der Waals surface area contributed by atoms with E-state index < -0.39 is 0 Å². The normalized spacial score (nSPS) is 10.4. The van der Waals surface area contributed by atoms with Gasteiger partial charge in [0.15, 0.2) is 0 Å². The second-order valence-corrected chi connectivity index (χ2v) is 4.28. The molecule has 0 aliphatic heterocycles. The quantitative estimate of drug-likeness (QED) is 0.491. The molecule has 1 N–H and O–H groups in total. The zero-order valence-electron chi connectivity index (χ0n) is 11.9. The number of nitrogens with one attached hydrogen (secondary N) is 1. The minimum absolute atomic E-state index is 0.594. The number of benzene rings is 1. The maximum absolute atomic E-state index is 5.76. The number of hydrogen-bond donors (Lipinski definition) is 1. The molecule has 0 fully saturated rings. The Balaban J connectivity index is 2.22. The molecule has 0 saturated carbocycles. The molecule has 1 rings (SSSR count). The fraction of sp³-hybridized carbons (Fsp3) is 0.500. The third kappa shape index (κ3) is 6.99. The van der Waals surface area contributed by atoms with Gasteiger partial charge in [-0.15, -0.1) is 6.58 Å². The average molecular weight is 263 g/mol. The van der Waals surface area contributed by atoms with Gasteiger partial charge in [-0.3, -0.25) is 0 Å². The average Bonchev–Trinajstić information content (AvgIpc) is 2.45. The van der Waals surface area contributed by atoms with Gasteiger partial charge in [0.1, 0.15) is 12.4 Å². The molecule has 0 bridgehead atoms. The molecule has 0 unspecified atom stereocenters. The van der Waals surface area contributed by atoms with Crippen LogP contribution in [-0.2, 0) is 11.3 Å². The van der Waals surface area contributed by atoms with Crippen LogP contribution < -0.4 is 10.1 Å². The van der Waals surface area contributed by atoms with Gasteiger partial charge in [-0.1, -0.05) is 31.2 Å². The van der Waals surface area contributed by atoms with Crippen molar-refractivity contribution in [2.75, 3.05) is 26.4 Å². The van der Waals surface area contributed by atoms with Gasteiger partial charge in [-0.05, 0) is 25.5 Å². The maximum Gasteiger partial charge on any atom is 0.123 e. The van der Waals surface area contributed by atoms with Crippen LogP contribution in [0.1, 0.15) is 25.3 Å². The lowest BCUT2D eigenvalue weighted by atomic mass is 10.2. The summed E-state index contributed by atoms with van der Waals surface area (Å²) in [4.78, 5) is 0. The highest BCUT2D eigenvalue weighted by molar-refractivity contribution is 5.33. The van der Waals surface area contributed by atoms with E-state index in [2.05, 4.69) is 24.9 Å². The molecule has 0 radical (unpaired) electrons. The van der Waals surface area contributed by atoms with Gasteiger partial charge in [0, 0.05) is 18.7 Å². The van der Waals surface area contributed by atoms with Crippen molar-refractivity contribution in [1.29, 1.82) is 0 Å². The molecule has 0 aliphatic rings. The molecule has 0 amide bonds. The van der Waals surface area contributed by atoms with Gasteiger partial charge in [0.05, 0.1) is 6.61 Å². The molecule has 0 atom stereocenters. The summed E-state index contributed by atoms with van der Waals surface area (Å²) in [6.45, 7) is 9.58. The van der Waals surface area contributed by atoms with Crippen molar-refractivity contribution in [2.24, 2.45) is 0 Å². The highest BCUT2D eigenvalue weighted by Crippen LogP contribution is 2.17. The van der Waals surface area contributed by atoms with Crippen LogP contribution in [0.3, 0.4) is 0 Å². The number of rotatable bonds is 11. The van der Waals surface area contributed by atoms with Gasteiger partial charge in [0.2, 0.25) is 0 Å². The molecule has 1 aromatic carbocycles. The Morgan fingerprint density at radius 3 is 2.84 bits per heavy atom. The molecular weight excluding hydrogens is 238 g/mol. The Morgan fingerprint density at radius 1 is 1.21 bits per heavy atom. The first-order valence-corrected chi connectivity index (χ1v) is 6.98. The Bertz CT molecular complexity index is 352. The molecule has 1 aromatic rings. The Labute approximate surface area is 116 Å². The fourth-order valence-electron chi connectivity index (χ4n) is 1.69. The summed E-state index contributed by atoms with van der Waals surface area (Å²) in [6.07, 6.45) is 3.95. The summed E-state index contributed by atoms with van der Waals surface area (Å²) in [5, 5.41) is 3.31. The largest absolute Gasteiger partial charge is 0.491 e. The monoisotopic (exact) mass is 263 g/mol. The van der Waals surface area contributed by atoms with Gasteiger partial charge in [-0.2, -0.15) is 0 Å². The van der Waals surface area contributed by atoms with E-state index in [1.807, 2.05) is 24.3 Å². The van der Waals surface area contributed by atoms with Crippen LogP contribution in [0.4, 0.5) is 0 Å². The predicted octanol–water partition coefficient (Wildman–Crippen LogP) is 3.16. The lowest BCUT2D eigenvalue weighted by Gasteiger charge is -2.11. The Kier molecular flexibility index (Phi) is 8.77. The van der Waals surface area contributed by atoms with Crippen molar-refractivity contribution in [3.63, 3.8) is 0 Å². The van der Waals surface area contributed by atoms with Crippen molar-refractivity contribution in [3.05, 3.63) is 42.5 Å². The predicted molar refractivity (Wildman–Crippen MR) is 79.6 cm³/mol. The number of para-hydroxylation sites is 1. The Hall–Kier alpha value is -1.32. The van der Waals surface area contributed by atoms with Gasteiger partial charge in [-0.25, -0.2) is 0 Å². The molecule has 0 aromatic heterocycles. The summed E-state index contributed by atoms with van der Waals surface area (Å²) in [6, 6.07) is 8.12. The van der Waals surface area contributed by atoms with E-state index in [9.17, 15) is 0 Å². The molecular formula is C16H25NO2. The lowest BCUT2D eigenvalue weighted by molar-refractivity contribution is 0.0985. The van der Waals surface area contributed by atoms with E-state index in [-0.39, 0.29) is 0 Å². The van der Waals surface area contributed by atoms with Crippen LogP contribution in [0.15, 0.2) is 36.9 Å². The van der Waals surface area contributed by atoms with E-state index in [1.54, 1.807) is 0 Å². The minimum Gasteiger partial charge on any atom is -0.491 e. The summed E-state index contributed by atoms with van der Waals surface area (Å²) in [7, 11) is 0. The molecule has 0 aliphatic carbocycles. The zero-order valence-corrected chi connectivity index (χ0v) is 11.9. The van der Waals surface area contributed by atoms with Crippen LogP contribution >= 0.6 is 0 Å². The number of ether oxygens (including phenoxy) is 2. The minimum atomic E-state index is 0.594. The molecule has 0 spiro atoms. The van der Waals surface area contributed by atoms with Crippen LogP contribution in [0.25, 0.3) is 0 Å². The second-order valence-electron chi connectivity index (χ2n) is 4.28. The summed E-state index contributed by atoms with van der Waals surface area (Å²) in [5.41, 5.74) is 1.19. The Morgan fingerprint density at radius 2 is 2.05 bits per heavy atom. The third-order valence-corrected chi connectivity index (χ3v) is 2.72. The number of unbranched alkanes of at least 4 members (excludes halogenated alkanes) is 1. The second kappa shape index (κ2) is 10.6. The smallest absolute Gasteiger partial charge is 0.123 e. The zero-order chi connectivity index (χ0) is 13.8. The summed E-state index contributed by atoms with van der Waals surface area (Å²) in [5.74, 6) is 0.943. The van der Waals surface area contributed by atoms with E-state index >= 15 is 0 Å². The van der Waals surface area contributed by atoms with Gasteiger partial charge >= 0.3 is 0 Å². The van der Waals surface area contributed by atoms with Crippen molar-refractivity contribution in [1.82, 2.24) is 5.32 Å². The SMILES string of the molecule is C=CCCCOCCOc1ccccc1CNCC. The molecule has 3 nitrogen and oxygen atoms in total. The van der Waals surface area contributed by atoms with Crippen molar-refractivity contribution in [3.8, 4) is 5.75 Å². The fourth-order valence-corrected chi connectivity index (χ4v) is 1.69. The van der Waals surface area contributed by atoms with Crippen LogP contribution in [0.5, 0.6) is 5.75 Å². The van der Waals surface area contributed by atoms with Crippen LogP contribution in [0.2, 0.25) is 0 Å². The maximum atomic E-state index is 5.76. The highest BCUT2D eigenvalue weighted by atomic mass is 16.5. The molecule has 106 valence electrons. The van der Waals surface area contributed by atoms with Crippen LogP contribution in [0, 0.1) is 0 Å². The van der Waals surface area contributed by atoms with Gasteiger partial charge < -0.3 is 14.8 Å². The molecule has 3 heteroatoms. The van der Waals surface area contributed by atoms with Gasteiger partial charge in [0.25, 0.3) is 0 Å². The molecule has 19 heavy (non-hydrogen) atoms. The first kappa shape index (κ1) is 15.7.